The molecule has 8 heteroatoms. The Kier molecular flexibility index (Phi) is 6.79. The van der Waals surface area contributed by atoms with Gasteiger partial charge in [-0.05, 0) is 50.5 Å². The zero-order valence-corrected chi connectivity index (χ0v) is 17.9. The number of rotatable bonds is 6. The van der Waals surface area contributed by atoms with E-state index in [0.717, 1.165) is 49.6 Å². The molecule has 0 spiro atoms. The fourth-order valence-electron chi connectivity index (χ4n) is 3.64. The lowest BCUT2D eigenvalue weighted by atomic mass is 9.95. The highest BCUT2D eigenvalue weighted by atomic mass is 35.5. The molecule has 0 saturated carbocycles. The Labute approximate surface area is 176 Å². The zero-order valence-electron chi connectivity index (χ0n) is 17.2. The smallest absolute Gasteiger partial charge is 0.223 e. The van der Waals surface area contributed by atoms with E-state index in [1.54, 1.807) is 0 Å². The third kappa shape index (κ3) is 4.90. The molecule has 0 bridgehead atoms. The number of carbonyl (C=O) groups excluding carboxylic acids is 2. The average Bonchev–Trinajstić information content (AvgIpc) is 3.02. The number of hydrogen-bond donors (Lipinski definition) is 2. The lowest BCUT2D eigenvalue weighted by molar-refractivity contribution is -0.125. The van der Waals surface area contributed by atoms with Gasteiger partial charge in [0, 0.05) is 37.5 Å². The van der Waals surface area contributed by atoms with Crippen LogP contribution in [0.1, 0.15) is 38.8 Å². The van der Waals surface area contributed by atoms with Crippen molar-refractivity contribution < 1.29 is 9.59 Å². The number of hydrogen-bond acceptors (Lipinski definition) is 4. The highest BCUT2D eigenvalue weighted by Crippen LogP contribution is 2.35. The number of amides is 2. The number of anilines is 2. The molecule has 2 N–H and O–H groups in total. The first-order valence-corrected chi connectivity index (χ1v) is 10.4. The van der Waals surface area contributed by atoms with E-state index in [2.05, 4.69) is 20.6 Å². The lowest BCUT2D eigenvalue weighted by Crippen LogP contribution is -2.41. The van der Waals surface area contributed by atoms with Gasteiger partial charge in [0.2, 0.25) is 11.8 Å². The SMILES string of the molecule is CCCNC(=O)C1CCN(c2c(NC(C)=O)c(C)nn2-c2ccc(Cl)cc2)CC1. The van der Waals surface area contributed by atoms with Gasteiger partial charge in [-0.1, -0.05) is 18.5 Å². The largest absolute Gasteiger partial charge is 0.356 e. The molecule has 2 heterocycles. The van der Waals surface area contributed by atoms with E-state index in [0.29, 0.717) is 17.3 Å². The van der Waals surface area contributed by atoms with Crippen molar-refractivity contribution in [2.45, 2.75) is 40.0 Å². The Morgan fingerprint density at radius 2 is 1.86 bits per heavy atom. The van der Waals surface area contributed by atoms with Crippen molar-refractivity contribution in [1.29, 1.82) is 0 Å². The molecule has 2 aromatic rings. The highest BCUT2D eigenvalue weighted by molar-refractivity contribution is 6.30. The number of nitrogens with zero attached hydrogens (tertiary/aromatic N) is 3. The second-order valence-electron chi connectivity index (χ2n) is 7.41. The summed E-state index contributed by atoms with van der Waals surface area (Å²) in [5.41, 5.74) is 2.32. The molecule has 2 amide bonds. The normalized spacial score (nSPS) is 14.7. The summed E-state index contributed by atoms with van der Waals surface area (Å²) >= 11 is 6.04. The van der Waals surface area contributed by atoms with Gasteiger partial charge in [-0.15, -0.1) is 0 Å². The summed E-state index contributed by atoms with van der Waals surface area (Å²) in [7, 11) is 0. The maximum absolute atomic E-state index is 12.3. The number of halogens is 1. The van der Waals surface area contributed by atoms with Crippen LogP contribution >= 0.6 is 11.6 Å². The van der Waals surface area contributed by atoms with Gasteiger partial charge in [0.15, 0.2) is 5.82 Å². The average molecular weight is 418 g/mol. The van der Waals surface area contributed by atoms with Crippen LogP contribution < -0.4 is 15.5 Å². The molecule has 1 saturated heterocycles. The number of aromatic nitrogens is 2. The van der Waals surface area contributed by atoms with Crippen molar-refractivity contribution in [2.75, 3.05) is 29.9 Å². The summed E-state index contributed by atoms with van der Waals surface area (Å²) in [5.74, 6) is 0.859. The molecule has 0 atom stereocenters. The van der Waals surface area contributed by atoms with Crippen LogP contribution in [0.2, 0.25) is 5.02 Å². The van der Waals surface area contributed by atoms with Crippen LogP contribution in [-0.4, -0.2) is 41.2 Å². The summed E-state index contributed by atoms with van der Waals surface area (Å²) in [6, 6.07) is 7.45. The zero-order chi connectivity index (χ0) is 21.0. The Morgan fingerprint density at radius 3 is 2.45 bits per heavy atom. The minimum atomic E-state index is -0.140. The molecule has 156 valence electrons. The Balaban J connectivity index is 1.88. The van der Waals surface area contributed by atoms with E-state index in [9.17, 15) is 9.59 Å². The van der Waals surface area contributed by atoms with Gasteiger partial charge in [0.25, 0.3) is 0 Å². The first kappa shape index (κ1) is 21.2. The topological polar surface area (TPSA) is 79.3 Å². The molecule has 1 fully saturated rings. The third-order valence-electron chi connectivity index (χ3n) is 5.12. The summed E-state index contributed by atoms with van der Waals surface area (Å²) in [6.07, 6.45) is 2.46. The predicted octanol–water partition coefficient (Wildman–Crippen LogP) is 3.54. The molecule has 29 heavy (non-hydrogen) atoms. The summed E-state index contributed by atoms with van der Waals surface area (Å²) in [4.78, 5) is 26.3. The quantitative estimate of drug-likeness (QED) is 0.753. The predicted molar refractivity (Wildman–Crippen MR) is 116 cm³/mol. The Morgan fingerprint density at radius 1 is 1.21 bits per heavy atom. The van der Waals surface area contributed by atoms with Crippen molar-refractivity contribution in [1.82, 2.24) is 15.1 Å². The molecular formula is C21H28ClN5O2. The minimum absolute atomic E-state index is 0.0232. The highest BCUT2D eigenvalue weighted by Gasteiger charge is 2.29. The van der Waals surface area contributed by atoms with Gasteiger partial charge < -0.3 is 15.5 Å². The van der Waals surface area contributed by atoms with Crippen LogP contribution in [0.5, 0.6) is 0 Å². The fraction of sp³-hybridized carbons (Fsp3) is 0.476. The van der Waals surface area contributed by atoms with Crippen LogP contribution in [0.3, 0.4) is 0 Å². The van der Waals surface area contributed by atoms with Crippen LogP contribution in [0.25, 0.3) is 5.69 Å². The molecule has 0 aliphatic carbocycles. The number of nitrogens with one attached hydrogen (secondary N) is 2. The van der Waals surface area contributed by atoms with Crippen molar-refractivity contribution in [3.8, 4) is 5.69 Å². The maximum atomic E-state index is 12.3. The van der Waals surface area contributed by atoms with Crippen LogP contribution in [0.15, 0.2) is 24.3 Å². The summed E-state index contributed by atoms with van der Waals surface area (Å²) in [5, 5.41) is 11.3. The van der Waals surface area contributed by atoms with Crippen LogP contribution in [0.4, 0.5) is 11.5 Å². The number of aryl methyl sites for hydroxylation is 1. The van der Waals surface area contributed by atoms with Gasteiger partial charge in [-0.3, -0.25) is 9.59 Å². The summed E-state index contributed by atoms with van der Waals surface area (Å²) < 4.78 is 1.84. The second-order valence-corrected chi connectivity index (χ2v) is 7.84. The lowest BCUT2D eigenvalue weighted by Gasteiger charge is -2.33. The molecule has 0 unspecified atom stereocenters. The molecule has 1 aromatic heterocycles. The van der Waals surface area contributed by atoms with Crippen molar-refractivity contribution in [3.63, 3.8) is 0 Å². The van der Waals surface area contributed by atoms with E-state index in [4.69, 9.17) is 11.6 Å². The first-order valence-electron chi connectivity index (χ1n) is 10.1. The van der Waals surface area contributed by atoms with Crippen molar-refractivity contribution in [2.24, 2.45) is 5.92 Å². The monoisotopic (exact) mass is 417 g/mol. The molecule has 1 aliphatic heterocycles. The summed E-state index contributed by atoms with van der Waals surface area (Å²) in [6.45, 7) is 7.57. The molecule has 0 radical (unpaired) electrons. The number of benzene rings is 1. The van der Waals surface area contributed by atoms with E-state index in [-0.39, 0.29) is 17.7 Å². The van der Waals surface area contributed by atoms with Crippen LogP contribution in [0, 0.1) is 12.8 Å². The van der Waals surface area contributed by atoms with Gasteiger partial charge in [0.05, 0.1) is 11.4 Å². The minimum Gasteiger partial charge on any atom is -0.356 e. The van der Waals surface area contributed by atoms with Crippen molar-refractivity contribution >= 4 is 34.9 Å². The maximum Gasteiger partial charge on any atom is 0.223 e. The number of carbonyl (C=O) groups is 2. The van der Waals surface area contributed by atoms with Gasteiger partial charge in [0.1, 0.15) is 5.69 Å². The van der Waals surface area contributed by atoms with Gasteiger partial charge in [-0.25, -0.2) is 4.68 Å². The molecule has 1 aromatic carbocycles. The van der Waals surface area contributed by atoms with Crippen LogP contribution in [-0.2, 0) is 9.59 Å². The van der Waals surface area contributed by atoms with E-state index >= 15 is 0 Å². The standard InChI is InChI=1S/C21H28ClN5O2/c1-4-11-23-20(29)16-9-12-26(13-10-16)21-19(24-15(3)28)14(2)25-27(21)18-7-5-17(22)6-8-18/h5-8,16H,4,9-13H2,1-3H3,(H,23,29)(H,24,28). The first-order chi connectivity index (χ1) is 13.9. The van der Waals surface area contributed by atoms with Crippen molar-refractivity contribution in [3.05, 3.63) is 35.0 Å². The number of piperidine rings is 1. The second kappa shape index (κ2) is 9.31. The third-order valence-corrected chi connectivity index (χ3v) is 5.37. The van der Waals surface area contributed by atoms with E-state index < -0.39 is 0 Å². The molecule has 1 aliphatic rings. The van der Waals surface area contributed by atoms with Gasteiger partial charge in [-0.2, -0.15) is 5.10 Å². The molecular weight excluding hydrogens is 390 g/mol. The molecule has 7 nitrogen and oxygen atoms in total. The Hall–Kier alpha value is -2.54. The fourth-order valence-corrected chi connectivity index (χ4v) is 3.76. The van der Waals surface area contributed by atoms with Gasteiger partial charge >= 0.3 is 0 Å². The van der Waals surface area contributed by atoms with E-state index in [1.165, 1.54) is 6.92 Å². The Bertz CT molecular complexity index is 870. The molecule has 3 rings (SSSR count). The van der Waals surface area contributed by atoms with E-state index in [1.807, 2.05) is 42.8 Å².